The molecule has 1 amide bonds. The lowest BCUT2D eigenvalue weighted by Gasteiger charge is -2.23. The minimum Gasteiger partial charge on any atom is -0.484 e. The van der Waals surface area contributed by atoms with Gasteiger partial charge >= 0.3 is 0 Å². The van der Waals surface area contributed by atoms with Gasteiger partial charge in [0, 0.05) is 11.6 Å². The predicted molar refractivity (Wildman–Crippen MR) is 97.6 cm³/mol. The third kappa shape index (κ3) is 5.55. The summed E-state index contributed by atoms with van der Waals surface area (Å²) in [5.74, 6) is 0.512. The minimum atomic E-state index is -0.153. The minimum absolute atomic E-state index is 0.0285. The largest absolute Gasteiger partial charge is 0.484 e. The maximum absolute atomic E-state index is 12.3. The second-order valence-corrected chi connectivity index (χ2v) is 6.43. The molecule has 128 valence electrons. The van der Waals surface area contributed by atoms with Crippen LogP contribution in [-0.2, 0) is 4.79 Å². The van der Waals surface area contributed by atoms with Crippen molar-refractivity contribution in [3.05, 3.63) is 64.7 Å². The average Bonchev–Trinajstić information content (AvgIpc) is 2.54. The number of rotatable bonds is 7. The maximum Gasteiger partial charge on any atom is 0.258 e. The quantitative estimate of drug-likeness (QED) is 0.835. The Hall–Kier alpha value is -2.04. The molecule has 1 N–H and O–H groups in total. The van der Waals surface area contributed by atoms with Gasteiger partial charge in [0.2, 0.25) is 0 Å². The fourth-order valence-electron chi connectivity index (χ4n) is 2.44. The highest BCUT2D eigenvalue weighted by Crippen LogP contribution is 2.21. The molecule has 1 atom stereocenters. The summed E-state index contributed by atoms with van der Waals surface area (Å²) < 4.78 is 5.61. The molecule has 0 aliphatic rings. The Morgan fingerprint density at radius 2 is 1.92 bits per heavy atom. The molecule has 5 heteroatoms. The normalized spacial score (nSPS) is 12.0. The number of nitrogens with zero attached hydrogens (tertiary/aromatic N) is 1. The average molecular weight is 347 g/mol. The number of hydrogen-bond acceptors (Lipinski definition) is 3. The Labute approximate surface area is 148 Å². The zero-order valence-electron chi connectivity index (χ0n) is 14.3. The van der Waals surface area contributed by atoms with Crippen LogP contribution in [0.15, 0.2) is 48.5 Å². The zero-order valence-corrected chi connectivity index (χ0v) is 15.0. The first-order valence-electron chi connectivity index (χ1n) is 7.83. The second kappa shape index (κ2) is 8.71. The van der Waals surface area contributed by atoms with Gasteiger partial charge in [-0.05, 0) is 50.3 Å². The number of hydrogen-bond donors (Lipinski definition) is 1. The summed E-state index contributed by atoms with van der Waals surface area (Å²) in [6.07, 6.45) is 0. The highest BCUT2D eigenvalue weighted by atomic mass is 35.5. The molecule has 0 heterocycles. The van der Waals surface area contributed by atoms with E-state index in [-0.39, 0.29) is 18.6 Å². The Balaban J connectivity index is 1.97. The number of benzene rings is 2. The first-order chi connectivity index (χ1) is 11.5. The Kier molecular flexibility index (Phi) is 6.64. The molecule has 2 aromatic rings. The Morgan fingerprint density at radius 3 is 2.54 bits per heavy atom. The van der Waals surface area contributed by atoms with Crippen molar-refractivity contribution in [1.82, 2.24) is 10.2 Å². The van der Waals surface area contributed by atoms with E-state index in [1.54, 1.807) is 12.1 Å². The third-order valence-electron chi connectivity index (χ3n) is 3.58. The van der Waals surface area contributed by atoms with Crippen LogP contribution in [0, 0.1) is 6.92 Å². The number of nitrogens with one attached hydrogen (secondary N) is 1. The van der Waals surface area contributed by atoms with Crippen molar-refractivity contribution >= 4 is 17.5 Å². The van der Waals surface area contributed by atoms with Gasteiger partial charge < -0.3 is 15.0 Å². The molecular weight excluding hydrogens is 324 g/mol. The summed E-state index contributed by atoms with van der Waals surface area (Å²) in [6.45, 7) is 2.59. The van der Waals surface area contributed by atoms with Gasteiger partial charge in [-0.3, -0.25) is 4.79 Å². The van der Waals surface area contributed by atoms with Gasteiger partial charge in [-0.1, -0.05) is 41.9 Å². The van der Waals surface area contributed by atoms with E-state index < -0.39 is 0 Å². The van der Waals surface area contributed by atoms with Crippen molar-refractivity contribution in [1.29, 1.82) is 0 Å². The molecular formula is C19H23ClN2O2. The predicted octanol–water partition coefficient (Wildman–Crippen LogP) is 3.45. The van der Waals surface area contributed by atoms with Gasteiger partial charge in [0.25, 0.3) is 5.91 Å². The van der Waals surface area contributed by atoms with Crippen molar-refractivity contribution in [3.8, 4) is 5.75 Å². The maximum atomic E-state index is 12.3. The fraction of sp³-hybridized carbons (Fsp3) is 0.316. The number of carbonyl (C=O) groups is 1. The smallest absolute Gasteiger partial charge is 0.258 e. The number of ether oxygens (including phenoxy) is 1. The van der Waals surface area contributed by atoms with Gasteiger partial charge in [0.05, 0.1) is 6.04 Å². The van der Waals surface area contributed by atoms with Crippen LogP contribution in [0.5, 0.6) is 5.75 Å². The molecule has 4 nitrogen and oxygen atoms in total. The van der Waals surface area contributed by atoms with Gasteiger partial charge in [-0.15, -0.1) is 0 Å². The summed E-state index contributed by atoms with van der Waals surface area (Å²) in [5.41, 5.74) is 1.98. The molecule has 0 aromatic heterocycles. The molecule has 0 aliphatic heterocycles. The van der Waals surface area contributed by atoms with Crippen LogP contribution in [0.1, 0.15) is 17.2 Å². The molecule has 0 bridgehead atoms. The Bertz CT molecular complexity index is 674. The van der Waals surface area contributed by atoms with Gasteiger partial charge in [-0.25, -0.2) is 0 Å². The lowest BCUT2D eigenvalue weighted by molar-refractivity contribution is -0.124. The zero-order chi connectivity index (χ0) is 17.5. The Morgan fingerprint density at radius 1 is 1.21 bits per heavy atom. The van der Waals surface area contributed by atoms with E-state index in [4.69, 9.17) is 16.3 Å². The fourth-order valence-corrected chi connectivity index (χ4v) is 2.67. The molecule has 24 heavy (non-hydrogen) atoms. The number of carbonyl (C=O) groups excluding carboxylic acids is 1. The number of halogens is 1. The monoisotopic (exact) mass is 346 g/mol. The van der Waals surface area contributed by atoms with E-state index in [1.165, 1.54) is 0 Å². The van der Waals surface area contributed by atoms with E-state index in [0.29, 0.717) is 10.8 Å². The second-order valence-electron chi connectivity index (χ2n) is 5.99. The number of aryl methyl sites for hydroxylation is 1. The summed E-state index contributed by atoms with van der Waals surface area (Å²) in [6, 6.07) is 15.2. The van der Waals surface area contributed by atoms with Crippen molar-refractivity contribution < 1.29 is 9.53 Å². The third-order valence-corrected chi connectivity index (χ3v) is 3.82. The van der Waals surface area contributed by atoms with E-state index in [0.717, 1.165) is 17.7 Å². The van der Waals surface area contributed by atoms with E-state index in [2.05, 4.69) is 5.32 Å². The highest BCUT2D eigenvalue weighted by Gasteiger charge is 2.16. The molecule has 0 saturated carbocycles. The molecule has 0 radical (unpaired) electrons. The molecule has 0 spiro atoms. The van der Waals surface area contributed by atoms with E-state index in [1.807, 2.05) is 62.3 Å². The lowest BCUT2D eigenvalue weighted by atomic mass is 10.1. The van der Waals surface area contributed by atoms with Crippen molar-refractivity contribution in [2.24, 2.45) is 0 Å². The van der Waals surface area contributed by atoms with Crippen LogP contribution in [0.25, 0.3) is 0 Å². The summed E-state index contributed by atoms with van der Waals surface area (Å²) in [5, 5.41) is 3.69. The standard InChI is InChI=1S/C19H23ClN2O2/c1-14-11-16(20)9-10-18(14)24-13-19(23)21-17(12-22(2)3)15-7-5-4-6-8-15/h4-11,17H,12-13H2,1-3H3,(H,21,23)/t17-/m0/s1. The molecule has 0 fully saturated rings. The molecule has 0 unspecified atom stereocenters. The summed E-state index contributed by atoms with van der Waals surface area (Å²) in [7, 11) is 3.96. The van der Waals surface area contributed by atoms with Crippen LogP contribution in [0.3, 0.4) is 0 Å². The first-order valence-corrected chi connectivity index (χ1v) is 8.21. The van der Waals surface area contributed by atoms with Crippen LogP contribution >= 0.6 is 11.6 Å². The van der Waals surface area contributed by atoms with E-state index >= 15 is 0 Å². The molecule has 2 aromatic carbocycles. The van der Waals surface area contributed by atoms with Crippen molar-refractivity contribution in [3.63, 3.8) is 0 Å². The molecule has 0 aliphatic carbocycles. The van der Waals surface area contributed by atoms with Crippen LogP contribution < -0.4 is 10.1 Å². The number of amides is 1. The van der Waals surface area contributed by atoms with Gasteiger partial charge in [-0.2, -0.15) is 0 Å². The summed E-state index contributed by atoms with van der Waals surface area (Å²) >= 11 is 5.93. The van der Waals surface area contributed by atoms with Gasteiger partial charge in [0.1, 0.15) is 5.75 Å². The molecule has 0 saturated heterocycles. The highest BCUT2D eigenvalue weighted by molar-refractivity contribution is 6.30. The van der Waals surface area contributed by atoms with Gasteiger partial charge in [0.15, 0.2) is 6.61 Å². The van der Waals surface area contributed by atoms with E-state index in [9.17, 15) is 4.79 Å². The molecule has 2 rings (SSSR count). The number of likely N-dealkylation sites (N-methyl/N-ethyl adjacent to an activating group) is 1. The SMILES string of the molecule is Cc1cc(Cl)ccc1OCC(=O)N[C@@H](CN(C)C)c1ccccc1. The first kappa shape index (κ1) is 18.3. The van der Waals surface area contributed by atoms with Crippen molar-refractivity contribution in [2.45, 2.75) is 13.0 Å². The van der Waals surface area contributed by atoms with Crippen LogP contribution in [0.4, 0.5) is 0 Å². The summed E-state index contributed by atoms with van der Waals surface area (Å²) in [4.78, 5) is 14.3. The van der Waals surface area contributed by atoms with Crippen LogP contribution in [-0.4, -0.2) is 38.1 Å². The lowest BCUT2D eigenvalue weighted by Crippen LogP contribution is -2.37. The topological polar surface area (TPSA) is 41.6 Å². The van der Waals surface area contributed by atoms with Crippen molar-refractivity contribution in [2.75, 3.05) is 27.2 Å². The van der Waals surface area contributed by atoms with Crippen LogP contribution in [0.2, 0.25) is 5.02 Å².